The van der Waals surface area contributed by atoms with E-state index in [1.807, 2.05) is 0 Å². The Kier molecular flexibility index (Phi) is 5.56. The van der Waals surface area contributed by atoms with Gasteiger partial charge in [-0.1, -0.05) is 0 Å². The third-order valence-corrected chi connectivity index (χ3v) is 3.79. The Bertz CT molecular complexity index is 259. The highest BCUT2D eigenvalue weighted by atomic mass is 32.2. The number of sulfone groups is 1. The average molecular weight is 234 g/mol. The van der Waals surface area contributed by atoms with Crippen molar-refractivity contribution >= 4 is 9.84 Å². The Labute approximate surface area is 92.7 Å². The van der Waals surface area contributed by atoms with Crippen LogP contribution in [0.25, 0.3) is 0 Å². The van der Waals surface area contributed by atoms with Crippen LogP contribution in [-0.2, 0) is 9.84 Å². The van der Waals surface area contributed by atoms with Crippen LogP contribution >= 0.6 is 0 Å². The highest BCUT2D eigenvalue weighted by molar-refractivity contribution is 7.90. The van der Waals surface area contributed by atoms with Crippen molar-refractivity contribution in [2.24, 2.45) is 5.92 Å². The van der Waals surface area contributed by atoms with Crippen LogP contribution in [0.1, 0.15) is 19.3 Å². The molecular weight excluding hydrogens is 212 g/mol. The number of hydrogen-bond acceptors (Lipinski definition) is 4. The molecule has 90 valence electrons. The maximum atomic E-state index is 10.9. The highest BCUT2D eigenvalue weighted by Gasteiger charge is 2.11. The van der Waals surface area contributed by atoms with Crippen molar-refractivity contribution < 1.29 is 8.42 Å². The standard InChI is InChI=1S/C10H22N2O2S/c1-15(13,14)8-2-5-12-9-10-3-6-11-7-4-10/h10-12H,2-9H2,1H3. The fraction of sp³-hybridized carbons (Fsp3) is 1.00. The molecule has 0 bridgehead atoms. The van der Waals surface area contributed by atoms with Gasteiger partial charge in [0, 0.05) is 6.26 Å². The Balaban J connectivity index is 1.96. The molecule has 0 aromatic rings. The molecular formula is C10H22N2O2S. The van der Waals surface area contributed by atoms with Crippen LogP contribution in [0.15, 0.2) is 0 Å². The lowest BCUT2D eigenvalue weighted by atomic mass is 9.98. The summed E-state index contributed by atoms with van der Waals surface area (Å²) >= 11 is 0. The summed E-state index contributed by atoms with van der Waals surface area (Å²) in [5.41, 5.74) is 0. The Morgan fingerprint density at radius 2 is 2.00 bits per heavy atom. The predicted octanol–water partition coefficient (Wildman–Crippen LogP) is 0.0103. The number of nitrogens with one attached hydrogen (secondary N) is 2. The van der Waals surface area contributed by atoms with E-state index in [4.69, 9.17) is 0 Å². The van der Waals surface area contributed by atoms with Gasteiger partial charge in [-0.2, -0.15) is 0 Å². The van der Waals surface area contributed by atoms with Gasteiger partial charge in [0.1, 0.15) is 9.84 Å². The number of piperidine rings is 1. The molecule has 1 aliphatic heterocycles. The van der Waals surface area contributed by atoms with E-state index in [0.29, 0.717) is 5.75 Å². The largest absolute Gasteiger partial charge is 0.317 e. The second kappa shape index (κ2) is 6.45. The molecule has 1 rings (SSSR count). The molecule has 1 aliphatic rings. The Morgan fingerprint density at radius 1 is 1.33 bits per heavy atom. The molecule has 0 radical (unpaired) electrons. The first-order valence-electron chi connectivity index (χ1n) is 5.67. The molecule has 1 fully saturated rings. The van der Waals surface area contributed by atoms with Crippen LogP contribution in [0.4, 0.5) is 0 Å². The van der Waals surface area contributed by atoms with Crippen molar-refractivity contribution in [3.8, 4) is 0 Å². The van der Waals surface area contributed by atoms with Gasteiger partial charge in [0.05, 0.1) is 5.75 Å². The molecule has 0 aliphatic carbocycles. The zero-order chi connectivity index (χ0) is 11.1. The van der Waals surface area contributed by atoms with E-state index >= 15 is 0 Å². The van der Waals surface area contributed by atoms with Gasteiger partial charge in [-0.25, -0.2) is 8.42 Å². The SMILES string of the molecule is CS(=O)(=O)CCCNCC1CCNCC1. The summed E-state index contributed by atoms with van der Waals surface area (Å²) in [5.74, 6) is 1.07. The summed E-state index contributed by atoms with van der Waals surface area (Å²) in [6.07, 6.45) is 4.49. The second-order valence-corrected chi connectivity index (χ2v) is 6.64. The maximum Gasteiger partial charge on any atom is 0.147 e. The molecule has 0 unspecified atom stereocenters. The number of rotatable bonds is 6. The Morgan fingerprint density at radius 3 is 2.60 bits per heavy atom. The average Bonchev–Trinajstić information content (AvgIpc) is 2.17. The monoisotopic (exact) mass is 234 g/mol. The minimum Gasteiger partial charge on any atom is -0.317 e. The van der Waals surface area contributed by atoms with Gasteiger partial charge in [-0.15, -0.1) is 0 Å². The topological polar surface area (TPSA) is 58.2 Å². The van der Waals surface area contributed by atoms with Crippen molar-refractivity contribution in [1.82, 2.24) is 10.6 Å². The van der Waals surface area contributed by atoms with E-state index in [-0.39, 0.29) is 0 Å². The predicted molar refractivity (Wildman–Crippen MR) is 62.8 cm³/mol. The molecule has 0 aromatic carbocycles. The first kappa shape index (κ1) is 12.9. The molecule has 4 nitrogen and oxygen atoms in total. The van der Waals surface area contributed by atoms with E-state index in [9.17, 15) is 8.42 Å². The lowest BCUT2D eigenvalue weighted by Crippen LogP contribution is -2.34. The molecule has 0 amide bonds. The molecule has 1 heterocycles. The molecule has 0 aromatic heterocycles. The third-order valence-electron chi connectivity index (χ3n) is 2.76. The van der Waals surface area contributed by atoms with Gasteiger partial charge in [-0.05, 0) is 51.4 Å². The van der Waals surface area contributed by atoms with E-state index in [2.05, 4.69) is 10.6 Å². The molecule has 0 spiro atoms. The fourth-order valence-electron chi connectivity index (χ4n) is 1.85. The lowest BCUT2D eigenvalue weighted by molar-refractivity contribution is 0.357. The fourth-order valence-corrected chi connectivity index (χ4v) is 2.52. The summed E-state index contributed by atoms with van der Waals surface area (Å²) in [7, 11) is -2.78. The zero-order valence-corrected chi connectivity index (χ0v) is 10.3. The van der Waals surface area contributed by atoms with E-state index in [0.717, 1.165) is 38.5 Å². The number of hydrogen-bond donors (Lipinski definition) is 2. The molecule has 2 N–H and O–H groups in total. The normalized spacial score (nSPS) is 19.3. The summed E-state index contributed by atoms with van der Waals surface area (Å²) in [6.45, 7) is 4.09. The van der Waals surface area contributed by atoms with Crippen LogP contribution in [0.5, 0.6) is 0 Å². The second-order valence-electron chi connectivity index (χ2n) is 4.38. The molecule has 1 saturated heterocycles. The van der Waals surface area contributed by atoms with Crippen molar-refractivity contribution in [2.75, 3.05) is 38.2 Å². The quantitative estimate of drug-likeness (QED) is 0.636. The van der Waals surface area contributed by atoms with E-state index in [1.165, 1.54) is 19.1 Å². The van der Waals surface area contributed by atoms with Gasteiger partial charge in [-0.3, -0.25) is 0 Å². The smallest absolute Gasteiger partial charge is 0.147 e. The summed E-state index contributed by atoms with van der Waals surface area (Å²) in [4.78, 5) is 0. The van der Waals surface area contributed by atoms with Crippen LogP contribution < -0.4 is 10.6 Å². The maximum absolute atomic E-state index is 10.9. The summed E-state index contributed by atoms with van der Waals surface area (Å²) < 4.78 is 21.7. The van der Waals surface area contributed by atoms with Crippen molar-refractivity contribution in [3.05, 3.63) is 0 Å². The van der Waals surface area contributed by atoms with E-state index < -0.39 is 9.84 Å². The summed E-state index contributed by atoms with van der Waals surface area (Å²) in [6, 6.07) is 0. The van der Waals surface area contributed by atoms with Crippen molar-refractivity contribution in [3.63, 3.8) is 0 Å². The van der Waals surface area contributed by atoms with Gasteiger partial charge in [0.2, 0.25) is 0 Å². The minimum atomic E-state index is -2.78. The molecule has 0 atom stereocenters. The van der Waals surface area contributed by atoms with E-state index in [1.54, 1.807) is 0 Å². The van der Waals surface area contributed by atoms with Gasteiger partial charge in [0.15, 0.2) is 0 Å². The van der Waals surface area contributed by atoms with Gasteiger partial charge in [0.25, 0.3) is 0 Å². The zero-order valence-electron chi connectivity index (χ0n) is 9.46. The van der Waals surface area contributed by atoms with Gasteiger partial charge < -0.3 is 10.6 Å². The van der Waals surface area contributed by atoms with Crippen LogP contribution in [0.2, 0.25) is 0 Å². The van der Waals surface area contributed by atoms with Crippen molar-refractivity contribution in [1.29, 1.82) is 0 Å². The van der Waals surface area contributed by atoms with Crippen LogP contribution in [-0.4, -0.2) is 46.6 Å². The van der Waals surface area contributed by atoms with Crippen molar-refractivity contribution in [2.45, 2.75) is 19.3 Å². The van der Waals surface area contributed by atoms with Crippen LogP contribution in [0, 0.1) is 5.92 Å². The highest BCUT2D eigenvalue weighted by Crippen LogP contribution is 2.09. The first-order chi connectivity index (χ1) is 7.08. The Hall–Kier alpha value is -0.130. The van der Waals surface area contributed by atoms with Crippen LogP contribution in [0.3, 0.4) is 0 Å². The van der Waals surface area contributed by atoms with Gasteiger partial charge >= 0.3 is 0 Å². The molecule has 0 saturated carbocycles. The minimum absolute atomic E-state index is 0.298. The molecule has 15 heavy (non-hydrogen) atoms. The first-order valence-corrected chi connectivity index (χ1v) is 7.73. The molecule has 5 heteroatoms. The summed E-state index contributed by atoms with van der Waals surface area (Å²) in [5, 5.41) is 6.66. The lowest BCUT2D eigenvalue weighted by Gasteiger charge is -2.22. The third kappa shape index (κ3) is 6.87.